The van der Waals surface area contributed by atoms with Crippen LogP contribution in [0, 0.1) is 0 Å². The van der Waals surface area contributed by atoms with Gasteiger partial charge in [0.15, 0.2) is 5.79 Å². The van der Waals surface area contributed by atoms with Crippen LogP contribution in [0.2, 0.25) is 0 Å². The molecule has 1 aliphatic heterocycles. The van der Waals surface area contributed by atoms with Crippen LogP contribution in [-0.2, 0) is 14.2 Å². The molecule has 0 amide bonds. The van der Waals surface area contributed by atoms with Crippen LogP contribution in [0.25, 0.3) is 0 Å². The van der Waals surface area contributed by atoms with E-state index in [-0.39, 0.29) is 6.10 Å². The molecule has 0 aliphatic carbocycles. The predicted octanol–water partition coefficient (Wildman–Crippen LogP) is 1.54. The molecule has 1 aliphatic rings. The second-order valence-electron chi connectivity index (χ2n) is 4.06. The van der Waals surface area contributed by atoms with Gasteiger partial charge in [0.05, 0.1) is 19.8 Å². The Kier molecular flexibility index (Phi) is 6.61. The fourth-order valence-electron chi connectivity index (χ4n) is 1.72. The quantitative estimate of drug-likeness (QED) is 0.424. The standard InChI is InChI=1S/C11H21ClO4/c1-11(13,10-4-2-3-6-15-10)16-9-8-14-7-5-12/h10,13H,2-9H2,1H3. The minimum Gasteiger partial charge on any atom is -0.378 e. The highest BCUT2D eigenvalue weighted by atomic mass is 35.5. The molecule has 0 aromatic rings. The predicted molar refractivity (Wildman–Crippen MR) is 61.7 cm³/mol. The molecular formula is C11H21ClO4. The molecule has 1 saturated heterocycles. The largest absolute Gasteiger partial charge is 0.378 e. The molecule has 1 heterocycles. The first-order valence-electron chi connectivity index (χ1n) is 5.78. The molecule has 1 N–H and O–H groups in total. The molecule has 0 spiro atoms. The summed E-state index contributed by atoms with van der Waals surface area (Å²) in [6, 6.07) is 0. The van der Waals surface area contributed by atoms with Crippen LogP contribution < -0.4 is 0 Å². The normalized spacial score (nSPS) is 25.3. The zero-order valence-electron chi connectivity index (χ0n) is 9.78. The highest BCUT2D eigenvalue weighted by Crippen LogP contribution is 2.24. The fourth-order valence-corrected chi connectivity index (χ4v) is 1.83. The minimum atomic E-state index is -1.22. The van der Waals surface area contributed by atoms with E-state index >= 15 is 0 Å². The number of rotatable bonds is 7. The molecular weight excluding hydrogens is 232 g/mol. The van der Waals surface area contributed by atoms with Crippen LogP contribution in [0.1, 0.15) is 26.2 Å². The number of aliphatic hydroxyl groups is 1. The van der Waals surface area contributed by atoms with Gasteiger partial charge < -0.3 is 19.3 Å². The van der Waals surface area contributed by atoms with Crippen LogP contribution in [0.3, 0.4) is 0 Å². The van der Waals surface area contributed by atoms with E-state index in [4.69, 9.17) is 25.8 Å². The number of hydrogen-bond acceptors (Lipinski definition) is 4. The Morgan fingerprint density at radius 1 is 1.38 bits per heavy atom. The molecule has 1 rings (SSSR count). The van der Waals surface area contributed by atoms with Crippen molar-refractivity contribution in [2.45, 2.75) is 38.1 Å². The Bertz CT molecular complexity index is 181. The van der Waals surface area contributed by atoms with Crippen LogP contribution in [0.4, 0.5) is 0 Å². The fraction of sp³-hybridized carbons (Fsp3) is 1.00. The van der Waals surface area contributed by atoms with E-state index in [9.17, 15) is 5.11 Å². The molecule has 96 valence electrons. The van der Waals surface area contributed by atoms with Crippen LogP contribution in [0.5, 0.6) is 0 Å². The van der Waals surface area contributed by atoms with Gasteiger partial charge in [0.2, 0.25) is 0 Å². The molecule has 0 bridgehead atoms. The van der Waals surface area contributed by atoms with Crippen molar-refractivity contribution in [1.29, 1.82) is 0 Å². The average molecular weight is 253 g/mol. The van der Waals surface area contributed by atoms with Gasteiger partial charge in [-0.05, 0) is 26.2 Å². The van der Waals surface area contributed by atoms with Crippen molar-refractivity contribution in [3.63, 3.8) is 0 Å². The van der Waals surface area contributed by atoms with E-state index in [1.54, 1.807) is 6.92 Å². The lowest BCUT2D eigenvalue weighted by atomic mass is 10.0. The molecule has 0 aromatic heterocycles. The van der Waals surface area contributed by atoms with Crippen molar-refractivity contribution in [3.05, 3.63) is 0 Å². The first kappa shape index (κ1) is 14.2. The van der Waals surface area contributed by atoms with Crippen molar-refractivity contribution in [3.8, 4) is 0 Å². The maximum atomic E-state index is 10.1. The average Bonchev–Trinajstić information content (AvgIpc) is 2.30. The summed E-state index contributed by atoms with van der Waals surface area (Å²) in [7, 11) is 0. The summed E-state index contributed by atoms with van der Waals surface area (Å²) in [5, 5.41) is 10.1. The number of hydrogen-bond donors (Lipinski definition) is 1. The zero-order chi connectivity index (χ0) is 11.9. The second kappa shape index (κ2) is 7.45. The molecule has 2 unspecified atom stereocenters. The molecule has 4 nitrogen and oxygen atoms in total. The molecule has 0 aromatic carbocycles. The van der Waals surface area contributed by atoms with Crippen LogP contribution in [-0.4, -0.2) is 49.3 Å². The number of ether oxygens (including phenoxy) is 3. The highest BCUT2D eigenvalue weighted by Gasteiger charge is 2.34. The van der Waals surface area contributed by atoms with Gasteiger partial charge in [-0.1, -0.05) is 0 Å². The first-order chi connectivity index (χ1) is 7.67. The Morgan fingerprint density at radius 3 is 2.81 bits per heavy atom. The maximum absolute atomic E-state index is 10.1. The van der Waals surface area contributed by atoms with Gasteiger partial charge in [0.1, 0.15) is 6.10 Å². The zero-order valence-corrected chi connectivity index (χ0v) is 10.5. The molecule has 5 heteroatoms. The monoisotopic (exact) mass is 252 g/mol. The summed E-state index contributed by atoms with van der Waals surface area (Å²) < 4.78 is 16.0. The van der Waals surface area contributed by atoms with Crippen LogP contribution in [0.15, 0.2) is 0 Å². The molecule has 0 radical (unpaired) electrons. The molecule has 2 atom stereocenters. The van der Waals surface area contributed by atoms with Crippen molar-refractivity contribution in [1.82, 2.24) is 0 Å². The molecule has 1 fully saturated rings. The third-order valence-corrected chi connectivity index (χ3v) is 2.77. The van der Waals surface area contributed by atoms with Crippen LogP contribution >= 0.6 is 11.6 Å². The second-order valence-corrected chi connectivity index (χ2v) is 4.44. The third kappa shape index (κ3) is 4.97. The molecule has 0 saturated carbocycles. The van der Waals surface area contributed by atoms with E-state index in [2.05, 4.69) is 0 Å². The smallest absolute Gasteiger partial charge is 0.189 e. The van der Waals surface area contributed by atoms with Crippen molar-refractivity contribution < 1.29 is 19.3 Å². The summed E-state index contributed by atoms with van der Waals surface area (Å²) in [4.78, 5) is 0. The Hall–Kier alpha value is 0.130. The highest BCUT2D eigenvalue weighted by molar-refractivity contribution is 6.17. The summed E-state index contributed by atoms with van der Waals surface area (Å²) in [5.41, 5.74) is 0. The van der Waals surface area contributed by atoms with E-state index < -0.39 is 5.79 Å². The van der Waals surface area contributed by atoms with E-state index in [0.717, 1.165) is 19.3 Å². The summed E-state index contributed by atoms with van der Waals surface area (Å²) >= 11 is 5.46. The van der Waals surface area contributed by atoms with Gasteiger partial charge in [-0.3, -0.25) is 0 Å². The first-order valence-corrected chi connectivity index (χ1v) is 6.32. The topological polar surface area (TPSA) is 47.9 Å². The van der Waals surface area contributed by atoms with Gasteiger partial charge in [-0.15, -0.1) is 11.6 Å². The van der Waals surface area contributed by atoms with Gasteiger partial charge in [-0.2, -0.15) is 0 Å². The summed E-state index contributed by atoms with van der Waals surface area (Å²) in [5.74, 6) is -0.743. The minimum absolute atomic E-state index is 0.228. The Labute approximate surface area is 102 Å². The maximum Gasteiger partial charge on any atom is 0.189 e. The summed E-state index contributed by atoms with van der Waals surface area (Å²) in [6.07, 6.45) is 2.75. The van der Waals surface area contributed by atoms with Gasteiger partial charge in [0, 0.05) is 12.5 Å². The van der Waals surface area contributed by atoms with Crippen molar-refractivity contribution in [2.75, 3.05) is 32.3 Å². The lowest BCUT2D eigenvalue weighted by Gasteiger charge is -2.35. The van der Waals surface area contributed by atoms with Crippen molar-refractivity contribution in [2.24, 2.45) is 0 Å². The summed E-state index contributed by atoms with van der Waals surface area (Å²) in [6.45, 7) is 3.64. The molecule has 16 heavy (non-hydrogen) atoms. The third-order valence-electron chi connectivity index (χ3n) is 2.62. The van der Waals surface area contributed by atoms with Crippen molar-refractivity contribution >= 4 is 11.6 Å². The van der Waals surface area contributed by atoms with E-state index in [1.165, 1.54) is 0 Å². The van der Waals surface area contributed by atoms with E-state index in [0.29, 0.717) is 32.3 Å². The number of alkyl halides is 1. The van der Waals surface area contributed by atoms with Gasteiger partial charge in [0.25, 0.3) is 0 Å². The SMILES string of the molecule is CC(O)(OCCOCCCl)C1CCCCO1. The lowest BCUT2D eigenvalue weighted by molar-refractivity contribution is -0.266. The van der Waals surface area contributed by atoms with E-state index in [1.807, 2.05) is 0 Å². The van der Waals surface area contributed by atoms with Gasteiger partial charge in [-0.25, -0.2) is 0 Å². The van der Waals surface area contributed by atoms with Gasteiger partial charge >= 0.3 is 0 Å². The Morgan fingerprint density at radius 2 is 2.19 bits per heavy atom. The number of halogens is 1. The Balaban J connectivity index is 2.16. The lowest BCUT2D eigenvalue weighted by Crippen LogP contribution is -2.45.